The highest BCUT2D eigenvalue weighted by Crippen LogP contribution is 2.33. The average molecular weight is 256 g/mol. The van der Waals surface area contributed by atoms with Gasteiger partial charge in [0.1, 0.15) is 0 Å². The molecule has 0 unspecified atom stereocenters. The van der Waals surface area contributed by atoms with Crippen LogP contribution in [0, 0.1) is 6.92 Å². The molecule has 0 radical (unpaired) electrons. The molecule has 2 rings (SSSR count). The van der Waals surface area contributed by atoms with E-state index >= 15 is 0 Å². The molecule has 0 N–H and O–H groups in total. The lowest BCUT2D eigenvalue weighted by Gasteiger charge is -2.11. The molecule has 0 aliphatic carbocycles. The quantitative estimate of drug-likeness (QED) is 0.652. The van der Waals surface area contributed by atoms with Gasteiger partial charge in [-0.15, -0.1) is 0 Å². The van der Waals surface area contributed by atoms with E-state index in [1.54, 1.807) is 30.3 Å². The third-order valence-corrected chi connectivity index (χ3v) is 2.95. The Morgan fingerprint density at radius 2 is 1.42 bits per heavy atom. The lowest BCUT2D eigenvalue weighted by atomic mass is 9.94. The fourth-order valence-corrected chi connectivity index (χ4v) is 1.90. The Morgan fingerprint density at radius 3 is 1.95 bits per heavy atom. The molecule has 2 aromatic carbocycles. The van der Waals surface area contributed by atoms with E-state index in [-0.39, 0.29) is 5.57 Å². The molecular formula is C17H14F2. The van der Waals surface area contributed by atoms with Gasteiger partial charge in [0.25, 0.3) is 6.08 Å². The summed E-state index contributed by atoms with van der Waals surface area (Å²) in [7, 11) is 0. The Bertz CT molecular complexity index is 603. The summed E-state index contributed by atoms with van der Waals surface area (Å²) in [6.45, 7) is 5.77. The topological polar surface area (TPSA) is 0 Å². The van der Waals surface area contributed by atoms with Crippen molar-refractivity contribution in [2.24, 2.45) is 0 Å². The highest BCUT2D eigenvalue weighted by atomic mass is 19.3. The van der Waals surface area contributed by atoms with Gasteiger partial charge in [0, 0.05) is 0 Å². The smallest absolute Gasteiger partial charge is 0.173 e. The van der Waals surface area contributed by atoms with Crippen molar-refractivity contribution in [3.8, 4) is 0 Å². The molecule has 96 valence electrons. The number of aryl methyl sites for hydroxylation is 1. The van der Waals surface area contributed by atoms with Crippen LogP contribution in [0.1, 0.15) is 16.7 Å². The summed E-state index contributed by atoms with van der Waals surface area (Å²) in [5.41, 5.74) is 2.52. The number of benzene rings is 2. The molecule has 0 heterocycles. The van der Waals surface area contributed by atoms with Crippen molar-refractivity contribution in [2.45, 2.75) is 6.92 Å². The standard InChI is InChI=1S/C17H14F2/c1-12-8-10-14(11-9-12)13(2)16(17(18)19)15-6-4-3-5-7-15/h3-11H,2H2,1H3. The first-order valence-corrected chi connectivity index (χ1v) is 5.96. The first-order valence-electron chi connectivity index (χ1n) is 5.96. The zero-order chi connectivity index (χ0) is 13.8. The number of allylic oxidation sites excluding steroid dienone is 2. The van der Waals surface area contributed by atoms with Crippen molar-refractivity contribution >= 4 is 11.1 Å². The van der Waals surface area contributed by atoms with E-state index in [0.29, 0.717) is 16.7 Å². The van der Waals surface area contributed by atoms with Crippen LogP contribution in [0.15, 0.2) is 67.3 Å². The molecule has 0 saturated heterocycles. The predicted molar refractivity (Wildman–Crippen MR) is 75.8 cm³/mol. The fourth-order valence-electron chi connectivity index (χ4n) is 1.90. The second-order valence-corrected chi connectivity index (χ2v) is 4.35. The van der Waals surface area contributed by atoms with Crippen molar-refractivity contribution < 1.29 is 8.78 Å². The minimum absolute atomic E-state index is 0.0931. The summed E-state index contributed by atoms with van der Waals surface area (Å²) >= 11 is 0. The van der Waals surface area contributed by atoms with Gasteiger partial charge in [-0.2, -0.15) is 8.78 Å². The molecule has 0 fully saturated rings. The highest BCUT2D eigenvalue weighted by Gasteiger charge is 2.14. The van der Waals surface area contributed by atoms with Crippen LogP contribution in [-0.2, 0) is 0 Å². The van der Waals surface area contributed by atoms with E-state index in [1.807, 2.05) is 31.2 Å². The average Bonchev–Trinajstić information content (AvgIpc) is 2.40. The van der Waals surface area contributed by atoms with Crippen LogP contribution in [0.3, 0.4) is 0 Å². The van der Waals surface area contributed by atoms with Crippen LogP contribution in [0.25, 0.3) is 11.1 Å². The Morgan fingerprint density at radius 1 is 0.842 bits per heavy atom. The SMILES string of the molecule is C=C(C(=C(F)F)c1ccccc1)c1ccc(C)cc1. The van der Waals surface area contributed by atoms with Gasteiger partial charge >= 0.3 is 0 Å². The maximum Gasteiger partial charge on any atom is 0.278 e. The first kappa shape index (κ1) is 13.2. The van der Waals surface area contributed by atoms with Crippen LogP contribution < -0.4 is 0 Å². The molecule has 19 heavy (non-hydrogen) atoms. The van der Waals surface area contributed by atoms with Gasteiger partial charge in [-0.1, -0.05) is 66.7 Å². The minimum Gasteiger partial charge on any atom is -0.173 e. The summed E-state index contributed by atoms with van der Waals surface area (Å²) in [5, 5.41) is 0. The van der Waals surface area contributed by atoms with Crippen molar-refractivity contribution in [1.82, 2.24) is 0 Å². The Labute approximate surface area is 111 Å². The van der Waals surface area contributed by atoms with Crippen molar-refractivity contribution in [1.29, 1.82) is 0 Å². The molecule has 2 aromatic rings. The van der Waals surface area contributed by atoms with Gasteiger partial charge in [0.2, 0.25) is 0 Å². The summed E-state index contributed by atoms with van der Waals surface area (Å²) in [6, 6.07) is 16.0. The lowest BCUT2D eigenvalue weighted by molar-refractivity contribution is 0.427. The monoisotopic (exact) mass is 256 g/mol. The molecule has 0 aromatic heterocycles. The van der Waals surface area contributed by atoms with Crippen LogP contribution in [0.5, 0.6) is 0 Å². The van der Waals surface area contributed by atoms with Crippen LogP contribution >= 0.6 is 0 Å². The maximum atomic E-state index is 13.2. The molecule has 0 spiro atoms. The van der Waals surface area contributed by atoms with Gasteiger partial charge in [0.15, 0.2) is 0 Å². The first-order chi connectivity index (χ1) is 9.09. The van der Waals surface area contributed by atoms with E-state index in [4.69, 9.17) is 0 Å². The molecule has 2 heteroatoms. The Kier molecular flexibility index (Phi) is 3.91. The zero-order valence-corrected chi connectivity index (χ0v) is 10.7. The van der Waals surface area contributed by atoms with Crippen LogP contribution in [0.4, 0.5) is 8.78 Å². The molecular weight excluding hydrogens is 242 g/mol. The lowest BCUT2D eigenvalue weighted by Crippen LogP contribution is -1.91. The number of hydrogen-bond donors (Lipinski definition) is 0. The number of hydrogen-bond acceptors (Lipinski definition) is 0. The predicted octanol–water partition coefficient (Wildman–Crippen LogP) is 5.32. The minimum atomic E-state index is -1.71. The fraction of sp³-hybridized carbons (Fsp3) is 0.0588. The summed E-state index contributed by atoms with van der Waals surface area (Å²) < 4.78 is 26.4. The Hall–Kier alpha value is -2.22. The summed E-state index contributed by atoms with van der Waals surface area (Å²) in [6.07, 6.45) is -1.71. The Balaban J connectivity index is 2.45. The van der Waals surface area contributed by atoms with Gasteiger partial charge in [-0.05, 0) is 23.6 Å². The van der Waals surface area contributed by atoms with Gasteiger partial charge in [0.05, 0.1) is 5.57 Å². The van der Waals surface area contributed by atoms with Gasteiger partial charge in [-0.25, -0.2) is 0 Å². The largest absolute Gasteiger partial charge is 0.278 e. The number of rotatable bonds is 3. The van der Waals surface area contributed by atoms with E-state index < -0.39 is 6.08 Å². The van der Waals surface area contributed by atoms with E-state index in [9.17, 15) is 8.78 Å². The summed E-state index contributed by atoms with van der Waals surface area (Å²) in [5.74, 6) is 0. The second-order valence-electron chi connectivity index (χ2n) is 4.35. The molecule has 0 aliphatic heterocycles. The molecule has 0 nitrogen and oxygen atoms in total. The molecule has 0 atom stereocenters. The van der Waals surface area contributed by atoms with Crippen LogP contribution in [0.2, 0.25) is 0 Å². The van der Waals surface area contributed by atoms with Crippen molar-refractivity contribution in [3.63, 3.8) is 0 Å². The highest BCUT2D eigenvalue weighted by molar-refractivity contribution is 6.04. The van der Waals surface area contributed by atoms with E-state index in [0.717, 1.165) is 5.56 Å². The normalized spacial score (nSPS) is 10.1. The molecule has 0 aliphatic rings. The van der Waals surface area contributed by atoms with E-state index in [1.165, 1.54) is 0 Å². The van der Waals surface area contributed by atoms with Gasteiger partial charge < -0.3 is 0 Å². The van der Waals surface area contributed by atoms with Crippen molar-refractivity contribution in [3.05, 3.63) is 83.9 Å². The summed E-state index contributed by atoms with van der Waals surface area (Å²) in [4.78, 5) is 0. The maximum absolute atomic E-state index is 13.2. The van der Waals surface area contributed by atoms with Gasteiger partial charge in [-0.3, -0.25) is 0 Å². The third kappa shape index (κ3) is 2.97. The zero-order valence-electron chi connectivity index (χ0n) is 10.7. The second kappa shape index (κ2) is 5.61. The molecule has 0 amide bonds. The van der Waals surface area contributed by atoms with Crippen LogP contribution in [-0.4, -0.2) is 0 Å². The van der Waals surface area contributed by atoms with E-state index in [2.05, 4.69) is 6.58 Å². The third-order valence-electron chi connectivity index (χ3n) is 2.95. The molecule has 0 bridgehead atoms. The van der Waals surface area contributed by atoms with Crippen molar-refractivity contribution in [2.75, 3.05) is 0 Å². The number of halogens is 2. The molecule has 0 saturated carbocycles.